The van der Waals surface area contributed by atoms with Crippen LogP contribution in [0.1, 0.15) is 47.4 Å². The largest absolute Gasteiger partial charge is 0.294 e. The number of fused-ring (bicyclic) bond motifs is 6. The van der Waals surface area contributed by atoms with Crippen LogP contribution < -0.4 is 0 Å². The Labute approximate surface area is 130 Å². The summed E-state index contributed by atoms with van der Waals surface area (Å²) in [6.07, 6.45) is 8.12. The van der Waals surface area contributed by atoms with E-state index in [4.69, 9.17) is 0 Å². The average Bonchev–Trinajstić information content (AvgIpc) is 3.11. The zero-order valence-corrected chi connectivity index (χ0v) is 13.0. The van der Waals surface area contributed by atoms with Gasteiger partial charge in [-0.2, -0.15) is 0 Å². The molecule has 0 heterocycles. The van der Waals surface area contributed by atoms with Crippen LogP contribution >= 0.6 is 0 Å². The monoisotopic (exact) mass is 292 g/mol. The smallest absolute Gasteiger partial charge is 0.171 e. The molecule has 1 saturated carbocycles. The summed E-state index contributed by atoms with van der Waals surface area (Å²) in [6.45, 7) is 4.11. The first kappa shape index (κ1) is 13.7. The van der Waals surface area contributed by atoms with E-state index in [1.54, 1.807) is 0 Å². The van der Waals surface area contributed by atoms with Crippen LogP contribution in [-0.4, -0.2) is 11.6 Å². The first-order valence-corrected chi connectivity index (χ1v) is 8.05. The second-order valence-corrected chi connectivity index (χ2v) is 7.13. The fraction of sp³-hybridized carbons (Fsp3) is 0.400. The van der Waals surface area contributed by atoms with Crippen molar-refractivity contribution in [3.05, 3.63) is 59.2 Å². The number of hydrogen-bond acceptors (Lipinski definition) is 2. The molecule has 2 bridgehead atoms. The Balaban J connectivity index is 1.93. The minimum atomic E-state index is -0.540. The Morgan fingerprint density at radius 2 is 1.91 bits per heavy atom. The van der Waals surface area contributed by atoms with Gasteiger partial charge in [-0.3, -0.25) is 9.59 Å². The molecule has 22 heavy (non-hydrogen) atoms. The third kappa shape index (κ3) is 1.55. The quantitative estimate of drug-likeness (QED) is 0.764. The van der Waals surface area contributed by atoms with E-state index in [1.807, 2.05) is 24.3 Å². The molecule has 0 saturated heterocycles. The normalized spacial score (nSPS) is 34.5. The summed E-state index contributed by atoms with van der Waals surface area (Å²) in [6, 6.07) is 7.36. The number of hydrogen-bond donors (Lipinski definition) is 0. The highest BCUT2D eigenvalue weighted by molar-refractivity contribution is 6.18. The molecule has 2 nitrogen and oxygen atoms in total. The summed E-state index contributed by atoms with van der Waals surface area (Å²) in [4.78, 5) is 26.4. The number of rotatable bonds is 2. The number of ketones is 2. The zero-order valence-electron chi connectivity index (χ0n) is 13.0. The zero-order chi connectivity index (χ0) is 15.5. The Hall–Kier alpha value is -1.96. The van der Waals surface area contributed by atoms with E-state index < -0.39 is 5.41 Å². The third-order valence-corrected chi connectivity index (χ3v) is 5.75. The van der Waals surface area contributed by atoms with Crippen LogP contribution in [0.15, 0.2) is 48.1 Å². The topological polar surface area (TPSA) is 34.1 Å². The van der Waals surface area contributed by atoms with E-state index in [0.717, 1.165) is 6.42 Å². The maximum Gasteiger partial charge on any atom is 0.171 e. The fourth-order valence-electron chi connectivity index (χ4n) is 4.77. The van der Waals surface area contributed by atoms with Crippen molar-refractivity contribution in [2.45, 2.75) is 26.7 Å². The summed E-state index contributed by atoms with van der Waals surface area (Å²) in [5.74, 6) is 0.639. The lowest BCUT2D eigenvalue weighted by atomic mass is 9.57. The lowest BCUT2D eigenvalue weighted by Gasteiger charge is -2.43. The molecule has 1 fully saturated rings. The molecule has 0 radical (unpaired) electrons. The van der Waals surface area contributed by atoms with E-state index in [1.165, 1.54) is 5.57 Å². The standard InChI is InChI=1S/C20H20O2/c1-12(2)9-10-20-14-8-7-13(11-14)17(20)18(21)15-5-3-4-6-16(15)19(20)22/h3-9,13-14,17H,10-11H2,1-2H3/t13-,14+,17+,20+/m1/s1. The Morgan fingerprint density at radius 1 is 1.18 bits per heavy atom. The van der Waals surface area contributed by atoms with Gasteiger partial charge in [0, 0.05) is 17.0 Å². The summed E-state index contributed by atoms with van der Waals surface area (Å²) < 4.78 is 0. The van der Waals surface area contributed by atoms with E-state index in [0.29, 0.717) is 17.5 Å². The molecule has 0 amide bonds. The number of carbonyl (C=O) groups is 2. The molecule has 0 N–H and O–H groups in total. The highest BCUT2D eigenvalue weighted by atomic mass is 16.1. The number of allylic oxidation sites excluding steroid dienone is 4. The molecule has 1 aromatic carbocycles. The maximum absolute atomic E-state index is 13.4. The number of Topliss-reactive ketones (excluding diaryl/α,β-unsaturated/α-hetero) is 2. The highest BCUT2D eigenvalue weighted by Crippen LogP contribution is 2.62. The second kappa shape index (κ2) is 4.52. The molecule has 4 atom stereocenters. The van der Waals surface area contributed by atoms with Crippen molar-refractivity contribution >= 4 is 11.6 Å². The lowest BCUT2D eigenvalue weighted by molar-refractivity contribution is 0.0513. The summed E-state index contributed by atoms with van der Waals surface area (Å²) >= 11 is 0. The van der Waals surface area contributed by atoms with Gasteiger partial charge in [-0.05, 0) is 38.5 Å². The van der Waals surface area contributed by atoms with Crippen molar-refractivity contribution in [1.82, 2.24) is 0 Å². The molecule has 0 aliphatic heterocycles. The van der Waals surface area contributed by atoms with Gasteiger partial charge in [-0.1, -0.05) is 48.1 Å². The van der Waals surface area contributed by atoms with E-state index in [2.05, 4.69) is 32.1 Å². The van der Waals surface area contributed by atoms with Crippen molar-refractivity contribution in [2.24, 2.45) is 23.2 Å². The van der Waals surface area contributed by atoms with Gasteiger partial charge in [-0.15, -0.1) is 0 Å². The van der Waals surface area contributed by atoms with Crippen LogP contribution in [0.2, 0.25) is 0 Å². The molecule has 112 valence electrons. The molecule has 0 aromatic heterocycles. The molecule has 1 aromatic rings. The van der Waals surface area contributed by atoms with Crippen LogP contribution in [-0.2, 0) is 0 Å². The van der Waals surface area contributed by atoms with Crippen molar-refractivity contribution in [3.8, 4) is 0 Å². The van der Waals surface area contributed by atoms with E-state index in [-0.39, 0.29) is 29.3 Å². The minimum absolute atomic E-state index is 0.166. The fourth-order valence-corrected chi connectivity index (χ4v) is 4.77. The summed E-state index contributed by atoms with van der Waals surface area (Å²) in [7, 11) is 0. The van der Waals surface area contributed by atoms with Crippen LogP contribution in [0, 0.1) is 23.2 Å². The predicted molar refractivity (Wildman–Crippen MR) is 85.8 cm³/mol. The number of benzene rings is 1. The van der Waals surface area contributed by atoms with Gasteiger partial charge >= 0.3 is 0 Å². The molecular formula is C20H20O2. The summed E-state index contributed by atoms with van der Waals surface area (Å²) in [5, 5.41) is 0. The van der Waals surface area contributed by atoms with Gasteiger partial charge in [0.25, 0.3) is 0 Å². The first-order valence-electron chi connectivity index (χ1n) is 8.05. The van der Waals surface area contributed by atoms with Crippen LogP contribution in [0.3, 0.4) is 0 Å². The van der Waals surface area contributed by atoms with Gasteiger partial charge in [0.2, 0.25) is 0 Å². The second-order valence-electron chi connectivity index (χ2n) is 7.13. The van der Waals surface area contributed by atoms with Crippen molar-refractivity contribution < 1.29 is 9.59 Å². The van der Waals surface area contributed by atoms with Crippen LogP contribution in [0.5, 0.6) is 0 Å². The molecule has 3 aliphatic carbocycles. The van der Waals surface area contributed by atoms with Crippen LogP contribution in [0.25, 0.3) is 0 Å². The third-order valence-electron chi connectivity index (χ3n) is 5.75. The Bertz CT molecular complexity index is 736. The molecule has 4 rings (SSSR count). The van der Waals surface area contributed by atoms with E-state index in [9.17, 15) is 9.59 Å². The number of carbonyl (C=O) groups excluding carboxylic acids is 2. The molecule has 3 aliphatic rings. The van der Waals surface area contributed by atoms with Gasteiger partial charge in [0.15, 0.2) is 11.6 Å². The van der Waals surface area contributed by atoms with E-state index >= 15 is 0 Å². The molecule has 0 spiro atoms. The van der Waals surface area contributed by atoms with Crippen LogP contribution in [0.4, 0.5) is 0 Å². The molecule has 2 heteroatoms. The van der Waals surface area contributed by atoms with Gasteiger partial charge in [0.05, 0.1) is 5.41 Å². The average molecular weight is 292 g/mol. The van der Waals surface area contributed by atoms with Gasteiger partial charge < -0.3 is 0 Å². The minimum Gasteiger partial charge on any atom is -0.294 e. The maximum atomic E-state index is 13.4. The molecular weight excluding hydrogens is 272 g/mol. The SMILES string of the molecule is CC(C)=CC[C@@]12C(=O)c3ccccc3C(=O)[C@@H]1[C@@H]1C=C[C@H]2C1. The highest BCUT2D eigenvalue weighted by Gasteiger charge is 2.64. The van der Waals surface area contributed by atoms with Crippen molar-refractivity contribution in [3.63, 3.8) is 0 Å². The van der Waals surface area contributed by atoms with Gasteiger partial charge in [0.1, 0.15) is 0 Å². The summed E-state index contributed by atoms with van der Waals surface area (Å²) in [5.41, 5.74) is 1.93. The van der Waals surface area contributed by atoms with Crippen molar-refractivity contribution in [2.75, 3.05) is 0 Å². The Morgan fingerprint density at radius 3 is 2.64 bits per heavy atom. The van der Waals surface area contributed by atoms with Gasteiger partial charge in [-0.25, -0.2) is 0 Å². The Kier molecular flexibility index (Phi) is 2.81. The molecule has 0 unspecified atom stereocenters. The lowest BCUT2D eigenvalue weighted by Crippen LogP contribution is -2.49. The first-order chi connectivity index (χ1) is 10.6. The predicted octanol–water partition coefficient (Wildman–Crippen LogP) is 4.23. The van der Waals surface area contributed by atoms with Crippen molar-refractivity contribution in [1.29, 1.82) is 0 Å².